The van der Waals surface area contributed by atoms with E-state index in [4.69, 9.17) is 10.9 Å². The van der Waals surface area contributed by atoms with Crippen LogP contribution in [0.3, 0.4) is 0 Å². The molecular formula is C15H28N4O2. The molecule has 2 aliphatic rings. The van der Waals surface area contributed by atoms with Gasteiger partial charge in [-0.05, 0) is 25.7 Å². The van der Waals surface area contributed by atoms with E-state index in [1.165, 1.54) is 25.7 Å². The second-order valence-corrected chi connectivity index (χ2v) is 6.34. The van der Waals surface area contributed by atoms with Crippen molar-refractivity contribution in [3.05, 3.63) is 0 Å². The zero-order valence-electron chi connectivity index (χ0n) is 12.8. The van der Waals surface area contributed by atoms with Gasteiger partial charge in [0.2, 0.25) is 5.91 Å². The molecule has 2 rings (SSSR count). The number of amides is 1. The number of piperidine rings is 1. The van der Waals surface area contributed by atoms with Crippen LogP contribution in [0, 0.1) is 5.92 Å². The van der Waals surface area contributed by atoms with Crippen LogP contribution in [0.4, 0.5) is 0 Å². The van der Waals surface area contributed by atoms with Gasteiger partial charge < -0.3 is 16.3 Å². The van der Waals surface area contributed by atoms with Crippen LogP contribution in [0.5, 0.6) is 0 Å². The Morgan fingerprint density at radius 3 is 2.33 bits per heavy atom. The number of nitrogens with zero attached hydrogens (tertiary/aromatic N) is 2. The summed E-state index contributed by atoms with van der Waals surface area (Å²) in [7, 11) is 0. The molecule has 120 valence electrons. The molecule has 4 N–H and O–H groups in total. The lowest BCUT2D eigenvalue weighted by Crippen LogP contribution is -2.48. The fourth-order valence-electron chi connectivity index (χ4n) is 3.36. The second kappa shape index (κ2) is 8.22. The van der Waals surface area contributed by atoms with Gasteiger partial charge in [0.25, 0.3) is 0 Å². The maximum absolute atomic E-state index is 12.3. The molecule has 6 heteroatoms. The highest BCUT2D eigenvalue weighted by Crippen LogP contribution is 2.23. The van der Waals surface area contributed by atoms with E-state index in [-0.39, 0.29) is 23.7 Å². The SMILES string of the molecule is NC(CN1CCC(NC(=O)C2CCCCCC2)CC1)=NO. The third-order valence-corrected chi connectivity index (χ3v) is 4.67. The summed E-state index contributed by atoms with van der Waals surface area (Å²) in [5, 5.41) is 14.8. The number of likely N-dealkylation sites (tertiary alicyclic amines) is 1. The molecule has 21 heavy (non-hydrogen) atoms. The van der Waals surface area contributed by atoms with E-state index in [0.717, 1.165) is 38.8 Å². The van der Waals surface area contributed by atoms with E-state index in [2.05, 4.69) is 15.4 Å². The first-order chi connectivity index (χ1) is 10.2. The van der Waals surface area contributed by atoms with Gasteiger partial charge in [-0.15, -0.1) is 0 Å². The average Bonchev–Trinajstić information content (AvgIpc) is 2.78. The van der Waals surface area contributed by atoms with E-state index in [1.54, 1.807) is 0 Å². The van der Waals surface area contributed by atoms with Crippen molar-refractivity contribution >= 4 is 11.7 Å². The fourth-order valence-corrected chi connectivity index (χ4v) is 3.36. The fraction of sp³-hybridized carbons (Fsp3) is 0.867. The Morgan fingerprint density at radius 2 is 1.76 bits per heavy atom. The summed E-state index contributed by atoms with van der Waals surface area (Å²) in [4.78, 5) is 14.5. The molecule has 1 saturated carbocycles. The summed E-state index contributed by atoms with van der Waals surface area (Å²) in [5.41, 5.74) is 5.52. The molecule has 1 amide bonds. The molecule has 0 spiro atoms. The molecular weight excluding hydrogens is 268 g/mol. The van der Waals surface area contributed by atoms with Crippen LogP contribution in [0.25, 0.3) is 0 Å². The number of nitrogens with two attached hydrogens (primary N) is 1. The third kappa shape index (κ3) is 5.19. The second-order valence-electron chi connectivity index (χ2n) is 6.34. The van der Waals surface area contributed by atoms with Gasteiger partial charge >= 0.3 is 0 Å². The van der Waals surface area contributed by atoms with E-state index < -0.39 is 0 Å². The normalized spacial score (nSPS) is 23.7. The first-order valence-electron chi connectivity index (χ1n) is 8.18. The van der Waals surface area contributed by atoms with Gasteiger partial charge in [-0.25, -0.2) is 0 Å². The van der Waals surface area contributed by atoms with Crippen LogP contribution in [0.1, 0.15) is 51.4 Å². The zero-order chi connectivity index (χ0) is 15.1. The Balaban J connectivity index is 1.71. The van der Waals surface area contributed by atoms with Crippen molar-refractivity contribution in [3.63, 3.8) is 0 Å². The highest BCUT2D eigenvalue weighted by atomic mass is 16.4. The number of amidine groups is 1. The Bertz CT molecular complexity index is 357. The predicted octanol–water partition coefficient (Wildman–Crippen LogP) is 1.28. The number of rotatable bonds is 4. The predicted molar refractivity (Wildman–Crippen MR) is 82.2 cm³/mol. The lowest BCUT2D eigenvalue weighted by Gasteiger charge is -2.32. The highest BCUT2D eigenvalue weighted by molar-refractivity contribution is 5.81. The van der Waals surface area contributed by atoms with Crippen molar-refractivity contribution in [3.8, 4) is 0 Å². The standard InChI is InChI=1S/C15H28N4O2/c16-14(18-21)11-19-9-7-13(8-10-19)17-15(20)12-5-3-1-2-4-6-12/h12-13,21H,1-11H2,(H2,16,18)(H,17,20). The number of carbonyl (C=O) groups excluding carboxylic acids is 1. The number of hydrogen-bond donors (Lipinski definition) is 3. The van der Waals surface area contributed by atoms with Crippen LogP contribution in [-0.2, 0) is 4.79 Å². The highest BCUT2D eigenvalue weighted by Gasteiger charge is 2.25. The average molecular weight is 296 g/mol. The van der Waals surface area contributed by atoms with E-state index in [0.29, 0.717) is 6.54 Å². The van der Waals surface area contributed by atoms with Gasteiger partial charge in [0.05, 0.1) is 6.54 Å². The Hall–Kier alpha value is -1.30. The molecule has 0 aromatic carbocycles. The summed E-state index contributed by atoms with van der Waals surface area (Å²) in [6.07, 6.45) is 8.91. The van der Waals surface area contributed by atoms with Gasteiger partial charge in [-0.2, -0.15) is 0 Å². The molecule has 1 heterocycles. The first-order valence-corrected chi connectivity index (χ1v) is 8.18. The van der Waals surface area contributed by atoms with Crippen LogP contribution >= 0.6 is 0 Å². The van der Waals surface area contributed by atoms with Crippen molar-refractivity contribution in [2.75, 3.05) is 19.6 Å². The van der Waals surface area contributed by atoms with Crippen LogP contribution < -0.4 is 11.1 Å². The Kier molecular flexibility index (Phi) is 6.29. The monoisotopic (exact) mass is 296 g/mol. The van der Waals surface area contributed by atoms with Crippen molar-refractivity contribution < 1.29 is 10.0 Å². The summed E-state index contributed by atoms with van der Waals surface area (Å²) in [5.74, 6) is 0.727. The maximum Gasteiger partial charge on any atom is 0.223 e. The van der Waals surface area contributed by atoms with Gasteiger partial charge in [0, 0.05) is 25.0 Å². The van der Waals surface area contributed by atoms with E-state index >= 15 is 0 Å². The lowest BCUT2D eigenvalue weighted by molar-refractivity contribution is -0.126. The minimum Gasteiger partial charge on any atom is -0.409 e. The van der Waals surface area contributed by atoms with Crippen molar-refractivity contribution in [2.45, 2.75) is 57.4 Å². The lowest BCUT2D eigenvalue weighted by atomic mass is 9.97. The van der Waals surface area contributed by atoms with E-state index in [1.807, 2.05) is 0 Å². The number of nitrogens with one attached hydrogen (secondary N) is 1. The third-order valence-electron chi connectivity index (χ3n) is 4.67. The van der Waals surface area contributed by atoms with Crippen LogP contribution in [-0.4, -0.2) is 47.5 Å². The van der Waals surface area contributed by atoms with Crippen molar-refractivity contribution in [2.24, 2.45) is 16.8 Å². The molecule has 0 atom stereocenters. The van der Waals surface area contributed by atoms with Gasteiger partial charge in [0.15, 0.2) is 5.84 Å². The quantitative estimate of drug-likeness (QED) is 0.240. The number of oxime groups is 1. The molecule has 0 radical (unpaired) electrons. The molecule has 0 bridgehead atoms. The number of carbonyl (C=O) groups is 1. The summed E-state index contributed by atoms with van der Waals surface area (Å²) in [6, 6.07) is 0.282. The number of hydrogen-bond acceptors (Lipinski definition) is 4. The van der Waals surface area contributed by atoms with E-state index in [9.17, 15) is 4.79 Å². The maximum atomic E-state index is 12.3. The molecule has 1 aliphatic carbocycles. The minimum atomic E-state index is 0.225. The molecule has 0 aromatic heterocycles. The molecule has 0 aromatic rings. The molecule has 1 saturated heterocycles. The van der Waals surface area contributed by atoms with Gasteiger partial charge in [-0.1, -0.05) is 30.8 Å². The topological polar surface area (TPSA) is 91.0 Å². The minimum absolute atomic E-state index is 0.225. The molecule has 6 nitrogen and oxygen atoms in total. The molecule has 2 fully saturated rings. The summed E-state index contributed by atoms with van der Waals surface area (Å²) >= 11 is 0. The summed E-state index contributed by atoms with van der Waals surface area (Å²) in [6.45, 7) is 2.26. The van der Waals surface area contributed by atoms with Crippen molar-refractivity contribution in [1.82, 2.24) is 10.2 Å². The van der Waals surface area contributed by atoms with Crippen molar-refractivity contribution in [1.29, 1.82) is 0 Å². The molecule has 1 aliphatic heterocycles. The first kappa shape index (κ1) is 16.1. The van der Waals surface area contributed by atoms with Crippen LogP contribution in [0.15, 0.2) is 5.16 Å². The van der Waals surface area contributed by atoms with Crippen LogP contribution in [0.2, 0.25) is 0 Å². The Labute approximate surface area is 126 Å². The summed E-state index contributed by atoms with van der Waals surface area (Å²) < 4.78 is 0. The van der Waals surface area contributed by atoms with Gasteiger partial charge in [0.1, 0.15) is 0 Å². The zero-order valence-corrected chi connectivity index (χ0v) is 12.8. The van der Waals surface area contributed by atoms with Gasteiger partial charge in [-0.3, -0.25) is 9.69 Å². The largest absolute Gasteiger partial charge is 0.409 e. The Morgan fingerprint density at radius 1 is 1.14 bits per heavy atom. The molecule has 0 unspecified atom stereocenters. The smallest absolute Gasteiger partial charge is 0.223 e.